The summed E-state index contributed by atoms with van der Waals surface area (Å²) in [5, 5.41) is 0. The number of nitrogens with zero attached hydrogens (tertiary/aromatic N) is 4. The maximum atomic E-state index is 12.7. The standard InChI is InChI=1S/C29H36N4O6S/c1-16(2)26-27-30-21-14-19(28(34)38-4)23(40(6,36)37)15-22(21)32(27)11-12-33(26)24-10-7-17(3)13-20(29(35)39-5)25(31-24)18-8-9-18/h13-17,26H,7-12H2,1-6H3/b20-13+,31-24?. The number of benzene rings is 1. The molecule has 0 saturated heterocycles. The Kier molecular flexibility index (Phi) is 7.37. The van der Waals surface area contributed by atoms with Crippen LogP contribution in [0.25, 0.3) is 11.0 Å². The molecule has 3 aliphatic rings. The number of methoxy groups -OCH3 is 2. The first-order chi connectivity index (χ1) is 18.9. The number of aliphatic imine (C=N–C) groups is 1. The Balaban J connectivity index is 1.64. The van der Waals surface area contributed by atoms with Crippen LogP contribution in [-0.2, 0) is 30.7 Å². The van der Waals surface area contributed by atoms with Crippen LogP contribution in [0.2, 0.25) is 0 Å². The highest BCUT2D eigenvalue weighted by Gasteiger charge is 2.37. The van der Waals surface area contributed by atoms with Gasteiger partial charge in [0, 0.05) is 25.8 Å². The SMILES string of the molecule is COC(=O)/C1=C/C(C)CCC(N2CCn3c(nc4cc(C(=O)OC)c(S(C)(=O)=O)cc43)C2C(C)C)=NC1=C1CC1. The van der Waals surface area contributed by atoms with Gasteiger partial charge in [-0.2, -0.15) is 0 Å². The van der Waals surface area contributed by atoms with Gasteiger partial charge in [-0.15, -0.1) is 0 Å². The summed E-state index contributed by atoms with van der Waals surface area (Å²) < 4.78 is 37.3. The fourth-order valence-corrected chi connectivity index (χ4v) is 6.61. The summed E-state index contributed by atoms with van der Waals surface area (Å²) in [4.78, 5) is 37.5. The first kappa shape index (κ1) is 28.1. The molecule has 0 N–H and O–H groups in total. The molecule has 2 aliphatic heterocycles. The molecule has 0 spiro atoms. The fourth-order valence-electron chi connectivity index (χ4n) is 5.74. The zero-order valence-electron chi connectivity index (χ0n) is 23.9. The van der Waals surface area contributed by atoms with Gasteiger partial charge in [-0.25, -0.2) is 28.0 Å². The predicted octanol–water partition coefficient (Wildman–Crippen LogP) is 4.21. The quantitative estimate of drug-likeness (QED) is 0.503. The predicted molar refractivity (Wildman–Crippen MR) is 151 cm³/mol. The Morgan fingerprint density at radius 2 is 1.75 bits per heavy atom. The van der Waals surface area contributed by atoms with Crippen LogP contribution in [-0.4, -0.2) is 67.7 Å². The lowest BCUT2D eigenvalue weighted by molar-refractivity contribution is -0.135. The number of esters is 2. The minimum atomic E-state index is -3.70. The van der Waals surface area contributed by atoms with Crippen molar-refractivity contribution < 1.29 is 27.5 Å². The van der Waals surface area contributed by atoms with Crippen molar-refractivity contribution in [3.63, 3.8) is 0 Å². The highest BCUT2D eigenvalue weighted by molar-refractivity contribution is 7.90. The number of aromatic nitrogens is 2. The summed E-state index contributed by atoms with van der Waals surface area (Å²) in [5.41, 5.74) is 3.62. The van der Waals surface area contributed by atoms with Crippen molar-refractivity contribution in [1.29, 1.82) is 0 Å². The average Bonchev–Trinajstić information content (AvgIpc) is 3.68. The highest BCUT2D eigenvalue weighted by atomic mass is 32.2. The molecule has 5 rings (SSSR count). The lowest BCUT2D eigenvalue weighted by Gasteiger charge is -2.41. The van der Waals surface area contributed by atoms with Crippen molar-refractivity contribution in [3.05, 3.63) is 46.4 Å². The monoisotopic (exact) mass is 568 g/mol. The molecule has 0 amide bonds. The zero-order valence-corrected chi connectivity index (χ0v) is 24.7. The molecule has 1 aromatic carbocycles. The summed E-state index contributed by atoms with van der Waals surface area (Å²) in [6.07, 6.45) is 6.49. The van der Waals surface area contributed by atoms with Crippen molar-refractivity contribution >= 4 is 38.6 Å². The number of ether oxygens (including phenoxy) is 2. The number of allylic oxidation sites excluding steroid dienone is 2. The zero-order chi connectivity index (χ0) is 28.9. The van der Waals surface area contributed by atoms with Crippen LogP contribution in [0.5, 0.6) is 0 Å². The van der Waals surface area contributed by atoms with Crippen molar-refractivity contribution in [1.82, 2.24) is 14.5 Å². The van der Waals surface area contributed by atoms with Crippen LogP contribution < -0.4 is 0 Å². The van der Waals surface area contributed by atoms with Crippen LogP contribution in [0.3, 0.4) is 0 Å². The van der Waals surface area contributed by atoms with Gasteiger partial charge in [0.2, 0.25) is 0 Å². The lowest BCUT2D eigenvalue weighted by atomic mass is 9.95. The Morgan fingerprint density at radius 1 is 1.05 bits per heavy atom. The molecule has 1 saturated carbocycles. The van der Waals surface area contributed by atoms with Gasteiger partial charge in [-0.1, -0.05) is 26.8 Å². The molecule has 3 heterocycles. The minimum absolute atomic E-state index is 0.0212. The average molecular weight is 569 g/mol. The van der Waals surface area contributed by atoms with Crippen LogP contribution >= 0.6 is 0 Å². The van der Waals surface area contributed by atoms with E-state index in [1.165, 1.54) is 20.3 Å². The Bertz CT molecular complexity index is 1590. The van der Waals surface area contributed by atoms with E-state index in [-0.39, 0.29) is 34.3 Å². The number of carbonyl (C=O) groups is 2. The second kappa shape index (κ2) is 10.5. The Hall–Kier alpha value is -3.47. The smallest absolute Gasteiger partial charge is 0.339 e. The van der Waals surface area contributed by atoms with E-state index in [2.05, 4.69) is 30.2 Å². The number of fused-ring (bicyclic) bond motifs is 3. The first-order valence-electron chi connectivity index (χ1n) is 13.6. The van der Waals surface area contributed by atoms with E-state index in [1.807, 2.05) is 6.08 Å². The summed E-state index contributed by atoms with van der Waals surface area (Å²) in [7, 11) is -1.07. The number of rotatable bonds is 4. The van der Waals surface area contributed by atoms with Gasteiger partial charge in [0.25, 0.3) is 0 Å². The third-order valence-electron chi connectivity index (χ3n) is 7.82. The second-order valence-corrected chi connectivity index (χ2v) is 13.2. The van der Waals surface area contributed by atoms with Crippen molar-refractivity contribution in [2.75, 3.05) is 27.0 Å². The van der Waals surface area contributed by atoms with E-state index in [0.717, 1.165) is 54.9 Å². The van der Waals surface area contributed by atoms with Gasteiger partial charge in [0.1, 0.15) is 11.7 Å². The van der Waals surface area contributed by atoms with Crippen molar-refractivity contribution in [3.8, 4) is 0 Å². The Morgan fingerprint density at radius 3 is 2.35 bits per heavy atom. The van der Waals surface area contributed by atoms with Crippen LogP contribution in [0.15, 0.2) is 44.9 Å². The summed E-state index contributed by atoms with van der Waals surface area (Å²) in [5.74, 6) is 0.939. The number of hydrogen-bond acceptors (Lipinski definition) is 9. The van der Waals surface area contributed by atoms with E-state index in [0.29, 0.717) is 29.7 Å². The molecule has 2 aromatic rings. The van der Waals surface area contributed by atoms with Gasteiger partial charge < -0.3 is 18.9 Å². The van der Waals surface area contributed by atoms with E-state index < -0.39 is 15.8 Å². The molecule has 2 atom stereocenters. The minimum Gasteiger partial charge on any atom is -0.465 e. The number of imidazole rings is 1. The van der Waals surface area contributed by atoms with Crippen LogP contribution in [0.4, 0.5) is 0 Å². The summed E-state index contributed by atoms with van der Waals surface area (Å²) in [6.45, 7) is 7.56. The molecule has 0 bridgehead atoms. The molecule has 214 valence electrons. The molecule has 0 radical (unpaired) electrons. The van der Waals surface area contributed by atoms with E-state index in [9.17, 15) is 18.0 Å². The molecule has 1 aliphatic carbocycles. The fraction of sp³-hybridized carbons (Fsp3) is 0.517. The highest BCUT2D eigenvalue weighted by Crippen LogP contribution is 2.40. The van der Waals surface area contributed by atoms with Gasteiger partial charge in [-0.05, 0) is 48.8 Å². The Labute approximate surface area is 234 Å². The normalized spacial score (nSPS) is 22.7. The maximum Gasteiger partial charge on any atom is 0.339 e. The molecule has 1 aromatic heterocycles. The number of amidine groups is 1. The van der Waals surface area contributed by atoms with Gasteiger partial charge in [-0.3, -0.25) is 0 Å². The van der Waals surface area contributed by atoms with Crippen molar-refractivity contribution in [2.45, 2.75) is 63.9 Å². The van der Waals surface area contributed by atoms with E-state index in [4.69, 9.17) is 19.5 Å². The van der Waals surface area contributed by atoms with Crippen LogP contribution in [0, 0.1) is 11.8 Å². The molecule has 1 fully saturated rings. The maximum absolute atomic E-state index is 12.7. The molecular formula is C29H36N4O6S. The molecule has 10 nitrogen and oxygen atoms in total. The largest absolute Gasteiger partial charge is 0.465 e. The van der Waals surface area contributed by atoms with Gasteiger partial charge in [0.05, 0.1) is 53.0 Å². The molecular weight excluding hydrogens is 532 g/mol. The van der Waals surface area contributed by atoms with E-state index >= 15 is 0 Å². The third-order valence-corrected chi connectivity index (χ3v) is 8.96. The molecule has 11 heteroatoms. The van der Waals surface area contributed by atoms with Crippen molar-refractivity contribution in [2.24, 2.45) is 16.8 Å². The number of sulfone groups is 1. The number of hydrogen-bond donors (Lipinski definition) is 0. The van der Waals surface area contributed by atoms with E-state index in [1.54, 1.807) is 6.07 Å². The van der Waals surface area contributed by atoms with Crippen LogP contribution in [0.1, 0.15) is 68.7 Å². The third kappa shape index (κ3) is 5.07. The summed E-state index contributed by atoms with van der Waals surface area (Å²) in [6, 6.07) is 2.91. The lowest BCUT2D eigenvalue weighted by Crippen LogP contribution is -2.44. The molecule has 40 heavy (non-hydrogen) atoms. The van der Waals surface area contributed by atoms with Gasteiger partial charge >= 0.3 is 11.9 Å². The topological polar surface area (TPSA) is 120 Å². The second-order valence-electron chi connectivity index (χ2n) is 11.2. The summed E-state index contributed by atoms with van der Waals surface area (Å²) >= 11 is 0. The first-order valence-corrected chi connectivity index (χ1v) is 15.5. The molecule has 2 unspecified atom stereocenters. The number of carbonyl (C=O) groups excluding carboxylic acids is 2. The van der Waals surface area contributed by atoms with Gasteiger partial charge in [0.15, 0.2) is 9.84 Å².